The topological polar surface area (TPSA) is 109 Å². The van der Waals surface area contributed by atoms with Gasteiger partial charge in [0.15, 0.2) is 0 Å². The Bertz CT molecular complexity index is 1240. The molecule has 35 heavy (non-hydrogen) atoms. The second-order valence-electron chi connectivity index (χ2n) is 8.07. The van der Waals surface area contributed by atoms with Crippen LogP contribution in [-0.2, 0) is 9.59 Å². The van der Waals surface area contributed by atoms with Gasteiger partial charge in [-0.05, 0) is 48.5 Å². The molecule has 0 spiro atoms. The van der Waals surface area contributed by atoms with Crippen molar-refractivity contribution in [1.82, 2.24) is 4.90 Å². The van der Waals surface area contributed by atoms with E-state index in [1.54, 1.807) is 30.3 Å². The lowest BCUT2D eigenvalue weighted by Gasteiger charge is -2.36. The number of carbonyl (C=O) groups is 2. The number of rotatable bonds is 7. The van der Waals surface area contributed by atoms with Crippen molar-refractivity contribution >= 4 is 35.0 Å². The number of nitro benzene ring substituents is 1. The number of nitro groups is 1. The number of carbonyl (C=O) groups excluding carboxylic acids is 2. The average molecular weight is 475 g/mol. The smallest absolute Gasteiger partial charge is 0.280 e. The first kappa shape index (κ1) is 23.7. The lowest BCUT2D eigenvalue weighted by atomic mass is 10.1. The van der Waals surface area contributed by atoms with Gasteiger partial charge < -0.3 is 19.5 Å². The minimum Gasteiger partial charge on any atom is -0.456 e. The van der Waals surface area contributed by atoms with Gasteiger partial charge in [-0.2, -0.15) is 0 Å². The fourth-order valence-corrected chi connectivity index (χ4v) is 3.96. The molecule has 9 nitrogen and oxygen atoms in total. The van der Waals surface area contributed by atoms with Gasteiger partial charge in [-0.1, -0.05) is 19.1 Å². The molecule has 3 aromatic rings. The number of nitrogens with one attached hydrogen (secondary N) is 1. The Morgan fingerprint density at radius 1 is 1.03 bits per heavy atom. The molecule has 2 aromatic carbocycles. The van der Waals surface area contributed by atoms with E-state index in [4.69, 9.17) is 4.42 Å². The molecule has 1 aliphatic heterocycles. The van der Waals surface area contributed by atoms with E-state index >= 15 is 0 Å². The summed E-state index contributed by atoms with van der Waals surface area (Å²) in [5.74, 6) is 0.619. The highest BCUT2D eigenvalue weighted by Gasteiger charge is 2.20. The first-order chi connectivity index (χ1) is 16.9. The molecule has 1 aliphatic rings. The van der Waals surface area contributed by atoms with Crippen LogP contribution in [0.2, 0.25) is 0 Å². The van der Waals surface area contributed by atoms with Gasteiger partial charge in [-0.15, -0.1) is 0 Å². The van der Waals surface area contributed by atoms with Crippen LogP contribution in [0.15, 0.2) is 71.2 Å². The number of nitrogens with zero attached hydrogens (tertiary/aromatic N) is 3. The summed E-state index contributed by atoms with van der Waals surface area (Å²) in [6.07, 6.45) is 3.39. The molecule has 1 fully saturated rings. The summed E-state index contributed by atoms with van der Waals surface area (Å²) in [6.45, 7) is 4.85. The number of benzene rings is 2. The monoisotopic (exact) mass is 474 g/mol. The van der Waals surface area contributed by atoms with E-state index in [2.05, 4.69) is 10.2 Å². The molecule has 2 heterocycles. The number of para-hydroxylation sites is 1. The molecule has 0 aliphatic carbocycles. The number of anilines is 2. The molecule has 0 bridgehead atoms. The summed E-state index contributed by atoms with van der Waals surface area (Å²) in [5, 5.41) is 14.0. The Hall–Kier alpha value is -4.40. The van der Waals surface area contributed by atoms with E-state index in [-0.39, 0.29) is 17.5 Å². The summed E-state index contributed by atoms with van der Waals surface area (Å²) in [6, 6.07) is 17.2. The number of hydrogen-bond acceptors (Lipinski definition) is 6. The molecule has 0 saturated carbocycles. The molecule has 4 rings (SSSR count). The van der Waals surface area contributed by atoms with Crippen molar-refractivity contribution in [3.63, 3.8) is 0 Å². The van der Waals surface area contributed by atoms with Gasteiger partial charge in [0.1, 0.15) is 11.5 Å². The van der Waals surface area contributed by atoms with E-state index < -0.39 is 4.92 Å². The highest BCUT2D eigenvalue weighted by molar-refractivity contribution is 6.01. The van der Waals surface area contributed by atoms with Crippen LogP contribution in [0.3, 0.4) is 0 Å². The van der Waals surface area contributed by atoms with Crippen molar-refractivity contribution in [2.24, 2.45) is 0 Å². The van der Waals surface area contributed by atoms with Gasteiger partial charge in [0.25, 0.3) is 5.69 Å². The molecule has 0 unspecified atom stereocenters. The van der Waals surface area contributed by atoms with Crippen molar-refractivity contribution < 1.29 is 18.9 Å². The van der Waals surface area contributed by atoms with Crippen LogP contribution in [0.1, 0.15) is 19.1 Å². The molecule has 1 saturated heterocycles. The zero-order valence-electron chi connectivity index (χ0n) is 19.3. The Labute approximate surface area is 202 Å². The van der Waals surface area contributed by atoms with Gasteiger partial charge in [0, 0.05) is 56.1 Å². The van der Waals surface area contributed by atoms with Crippen LogP contribution < -0.4 is 10.2 Å². The number of amides is 2. The Kier molecular flexibility index (Phi) is 7.25. The zero-order valence-corrected chi connectivity index (χ0v) is 19.3. The van der Waals surface area contributed by atoms with Crippen molar-refractivity contribution in [3.05, 3.63) is 82.6 Å². The van der Waals surface area contributed by atoms with Crippen LogP contribution in [0, 0.1) is 10.1 Å². The molecule has 0 radical (unpaired) electrons. The third-order valence-corrected chi connectivity index (χ3v) is 5.83. The molecular weight excluding hydrogens is 448 g/mol. The largest absolute Gasteiger partial charge is 0.456 e. The van der Waals surface area contributed by atoms with Crippen LogP contribution in [0.5, 0.6) is 0 Å². The molecule has 1 aromatic heterocycles. The van der Waals surface area contributed by atoms with Gasteiger partial charge in [-0.25, -0.2) is 0 Å². The SMILES string of the molecule is CCC(=O)N1CCN(c2ccc(NC(=O)/C=C/c3ccc(-c4ccccc4[N+](=O)[O-])o3)cc2)CC1. The second-order valence-corrected chi connectivity index (χ2v) is 8.07. The standard InChI is InChI=1S/C26H26N4O5/c1-2-26(32)29-17-15-28(16-18-29)20-9-7-19(8-10-20)27-25(31)14-12-21-11-13-24(35-21)22-5-3-4-6-23(22)30(33)34/h3-14H,2,15-18H2,1H3,(H,27,31)/b14-12+. The fourth-order valence-electron chi connectivity index (χ4n) is 3.96. The maximum Gasteiger partial charge on any atom is 0.280 e. The normalized spacial score (nSPS) is 13.7. The molecule has 9 heteroatoms. The van der Waals surface area contributed by atoms with Gasteiger partial charge in [0.05, 0.1) is 10.5 Å². The highest BCUT2D eigenvalue weighted by atomic mass is 16.6. The first-order valence-corrected chi connectivity index (χ1v) is 11.4. The summed E-state index contributed by atoms with van der Waals surface area (Å²) in [5.41, 5.74) is 2.03. The number of hydrogen-bond donors (Lipinski definition) is 1. The minimum absolute atomic E-state index is 0.0464. The van der Waals surface area contributed by atoms with E-state index in [9.17, 15) is 19.7 Å². The summed E-state index contributed by atoms with van der Waals surface area (Å²) >= 11 is 0. The van der Waals surface area contributed by atoms with Crippen molar-refractivity contribution in [3.8, 4) is 11.3 Å². The summed E-state index contributed by atoms with van der Waals surface area (Å²) in [7, 11) is 0. The highest BCUT2D eigenvalue weighted by Crippen LogP contribution is 2.31. The van der Waals surface area contributed by atoms with Gasteiger partial charge in [-0.3, -0.25) is 19.7 Å². The molecule has 1 N–H and O–H groups in total. The predicted octanol–water partition coefficient (Wildman–Crippen LogP) is 4.57. The summed E-state index contributed by atoms with van der Waals surface area (Å²) in [4.78, 5) is 39.1. The van der Waals surface area contributed by atoms with E-state index in [0.717, 1.165) is 18.8 Å². The Balaban J connectivity index is 1.33. The van der Waals surface area contributed by atoms with Crippen LogP contribution >= 0.6 is 0 Å². The summed E-state index contributed by atoms with van der Waals surface area (Å²) < 4.78 is 5.67. The quantitative estimate of drug-likeness (QED) is 0.305. The Morgan fingerprint density at radius 2 is 1.74 bits per heavy atom. The van der Waals surface area contributed by atoms with E-state index in [1.165, 1.54) is 18.2 Å². The maximum atomic E-state index is 12.3. The molecular formula is C26H26N4O5. The third kappa shape index (κ3) is 5.75. The third-order valence-electron chi connectivity index (χ3n) is 5.83. The fraction of sp³-hybridized carbons (Fsp3) is 0.231. The minimum atomic E-state index is -0.459. The number of furan rings is 1. The van der Waals surface area contributed by atoms with Gasteiger partial charge >= 0.3 is 0 Å². The molecule has 2 amide bonds. The van der Waals surface area contributed by atoms with Crippen molar-refractivity contribution in [2.45, 2.75) is 13.3 Å². The lowest BCUT2D eigenvalue weighted by molar-refractivity contribution is -0.384. The van der Waals surface area contributed by atoms with Crippen molar-refractivity contribution in [2.75, 3.05) is 36.4 Å². The Morgan fingerprint density at radius 3 is 2.43 bits per heavy atom. The number of piperazine rings is 1. The van der Waals surface area contributed by atoms with Crippen LogP contribution in [0.4, 0.5) is 17.1 Å². The van der Waals surface area contributed by atoms with Crippen LogP contribution in [0.25, 0.3) is 17.4 Å². The van der Waals surface area contributed by atoms with Crippen molar-refractivity contribution in [1.29, 1.82) is 0 Å². The maximum absolute atomic E-state index is 12.3. The second kappa shape index (κ2) is 10.7. The average Bonchev–Trinajstić information content (AvgIpc) is 3.36. The van der Waals surface area contributed by atoms with E-state index in [0.29, 0.717) is 42.3 Å². The predicted molar refractivity (Wildman–Crippen MR) is 134 cm³/mol. The van der Waals surface area contributed by atoms with Crippen LogP contribution in [-0.4, -0.2) is 47.8 Å². The first-order valence-electron chi connectivity index (χ1n) is 11.4. The zero-order chi connectivity index (χ0) is 24.8. The molecule has 180 valence electrons. The van der Waals surface area contributed by atoms with Gasteiger partial charge in [0.2, 0.25) is 11.8 Å². The van der Waals surface area contributed by atoms with E-state index in [1.807, 2.05) is 36.1 Å². The molecule has 0 atom stereocenters. The lowest BCUT2D eigenvalue weighted by Crippen LogP contribution is -2.48.